The van der Waals surface area contributed by atoms with E-state index in [0.29, 0.717) is 0 Å². The molecule has 0 unspecified atom stereocenters. The van der Waals surface area contributed by atoms with Gasteiger partial charge in [0.2, 0.25) is 5.91 Å². The quantitative estimate of drug-likeness (QED) is 0.596. The van der Waals surface area contributed by atoms with Crippen molar-refractivity contribution in [3.63, 3.8) is 0 Å². The number of carbonyl (C=O) groups is 1. The van der Waals surface area contributed by atoms with Gasteiger partial charge in [0.1, 0.15) is 6.54 Å². The van der Waals surface area contributed by atoms with Crippen LogP contribution in [0, 0.1) is 0 Å². The number of unbranched alkanes of at least 4 members (excludes halogenated alkanes) is 1. The molecule has 5 heteroatoms. The molecule has 1 fully saturated rings. The highest BCUT2D eigenvalue weighted by atomic mass is 16.2. The molecule has 1 N–H and O–H groups in total. The van der Waals surface area contributed by atoms with Crippen molar-refractivity contribution in [3.8, 4) is 0 Å². The lowest BCUT2D eigenvalue weighted by atomic mass is 10.1. The standard InChI is InChI=1S/C15H30N4O/c1-4-6-10-18(3)15(16-5-2)17-13-14(20)19-11-8-7-9-12-19/h4-13H2,1-3H3,(H,16,17). The fraction of sp³-hybridized carbons (Fsp3) is 0.867. The number of guanidine groups is 1. The average molecular weight is 282 g/mol. The van der Waals surface area contributed by atoms with E-state index in [0.717, 1.165) is 57.8 Å². The van der Waals surface area contributed by atoms with E-state index in [1.165, 1.54) is 6.42 Å². The van der Waals surface area contributed by atoms with Gasteiger partial charge in [0.25, 0.3) is 0 Å². The zero-order valence-corrected chi connectivity index (χ0v) is 13.3. The van der Waals surface area contributed by atoms with Gasteiger partial charge in [-0.15, -0.1) is 0 Å². The van der Waals surface area contributed by atoms with Gasteiger partial charge in [-0.3, -0.25) is 4.79 Å². The molecule has 1 heterocycles. The van der Waals surface area contributed by atoms with Crippen LogP contribution in [0.5, 0.6) is 0 Å². The summed E-state index contributed by atoms with van der Waals surface area (Å²) in [6.45, 7) is 8.09. The monoisotopic (exact) mass is 282 g/mol. The highest BCUT2D eigenvalue weighted by Crippen LogP contribution is 2.08. The lowest BCUT2D eigenvalue weighted by Gasteiger charge is -2.26. The Morgan fingerprint density at radius 1 is 1.25 bits per heavy atom. The maximum atomic E-state index is 12.1. The highest BCUT2D eigenvalue weighted by molar-refractivity contribution is 5.84. The molecule has 1 saturated heterocycles. The molecule has 1 aliphatic heterocycles. The molecule has 1 aliphatic rings. The molecule has 1 rings (SSSR count). The largest absolute Gasteiger partial charge is 0.357 e. The van der Waals surface area contributed by atoms with Crippen LogP contribution in [0.3, 0.4) is 0 Å². The lowest BCUT2D eigenvalue weighted by molar-refractivity contribution is -0.130. The number of amides is 1. The van der Waals surface area contributed by atoms with Gasteiger partial charge in [-0.25, -0.2) is 4.99 Å². The minimum Gasteiger partial charge on any atom is -0.357 e. The van der Waals surface area contributed by atoms with E-state index in [1.54, 1.807) is 0 Å². The van der Waals surface area contributed by atoms with Crippen LogP contribution >= 0.6 is 0 Å². The summed E-state index contributed by atoms with van der Waals surface area (Å²) in [6, 6.07) is 0. The minimum absolute atomic E-state index is 0.156. The first-order valence-corrected chi connectivity index (χ1v) is 7.96. The minimum atomic E-state index is 0.156. The van der Waals surface area contributed by atoms with Gasteiger partial charge in [-0.2, -0.15) is 0 Å². The van der Waals surface area contributed by atoms with Gasteiger partial charge in [0, 0.05) is 33.2 Å². The molecule has 0 aromatic heterocycles. The Kier molecular flexibility index (Phi) is 8.07. The fourth-order valence-electron chi connectivity index (χ4n) is 2.36. The van der Waals surface area contributed by atoms with Crippen molar-refractivity contribution in [1.29, 1.82) is 0 Å². The van der Waals surface area contributed by atoms with Crippen LogP contribution < -0.4 is 5.32 Å². The summed E-state index contributed by atoms with van der Waals surface area (Å²) < 4.78 is 0. The van der Waals surface area contributed by atoms with E-state index < -0.39 is 0 Å². The summed E-state index contributed by atoms with van der Waals surface area (Å²) in [5.41, 5.74) is 0. The van der Waals surface area contributed by atoms with E-state index >= 15 is 0 Å². The van der Waals surface area contributed by atoms with Gasteiger partial charge < -0.3 is 15.1 Å². The van der Waals surface area contributed by atoms with Crippen LogP contribution in [-0.4, -0.2) is 61.4 Å². The Morgan fingerprint density at radius 3 is 2.55 bits per heavy atom. The Balaban J connectivity index is 2.49. The van der Waals surface area contributed by atoms with E-state index in [9.17, 15) is 4.79 Å². The molecule has 0 atom stereocenters. The van der Waals surface area contributed by atoms with Gasteiger partial charge in [0.15, 0.2) is 5.96 Å². The molecule has 0 aliphatic carbocycles. The first-order chi connectivity index (χ1) is 9.69. The molecule has 0 spiro atoms. The van der Waals surface area contributed by atoms with Crippen LogP contribution in [0.2, 0.25) is 0 Å². The molecule has 20 heavy (non-hydrogen) atoms. The van der Waals surface area contributed by atoms with Crippen LogP contribution in [0.15, 0.2) is 4.99 Å². The van der Waals surface area contributed by atoms with Gasteiger partial charge >= 0.3 is 0 Å². The normalized spacial score (nSPS) is 16.1. The predicted molar refractivity (Wildman–Crippen MR) is 83.9 cm³/mol. The molecule has 0 saturated carbocycles. The number of aliphatic imine (C=N–C) groups is 1. The number of carbonyl (C=O) groups excluding carboxylic acids is 1. The van der Waals surface area contributed by atoms with Crippen molar-refractivity contribution >= 4 is 11.9 Å². The molecule has 0 bridgehead atoms. The van der Waals surface area contributed by atoms with Crippen LogP contribution in [0.1, 0.15) is 46.0 Å². The van der Waals surface area contributed by atoms with Gasteiger partial charge in [0.05, 0.1) is 0 Å². The molecule has 116 valence electrons. The molecule has 0 aromatic rings. The third-order valence-electron chi connectivity index (χ3n) is 3.62. The Bertz CT molecular complexity index is 311. The zero-order chi connectivity index (χ0) is 14.8. The van der Waals surface area contributed by atoms with E-state index in [-0.39, 0.29) is 12.5 Å². The van der Waals surface area contributed by atoms with Crippen molar-refractivity contribution in [2.45, 2.75) is 46.0 Å². The van der Waals surface area contributed by atoms with Crippen molar-refractivity contribution in [1.82, 2.24) is 15.1 Å². The lowest BCUT2D eigenvalue weighted by Crippen LogP contribution is -2.41. The second kappa shape index (κ2) is 9.61. The van der Waals surface area contributed by atoms with E-state index in [4.69, 9.17) is 0 Å². The van der Waals surface area contributed by atoms with E-state index in [2.05, 4.69) is 29.1 Å². The fourth-order valence-corrected chi connectivity index (χ4v) is 2.36. The predicted octanol–water partition coefficient (Wildman–Crippen LogP) is 1.70. The van der Waals surface area contributed by atoms with Crippen LogP contribution in [-0.2, 0) is 4.79 Å². The van der Waals surface area contributed by atoms with E-state index in [1.807, 2.05) is 11.9 Å². The summed E-state index contributed by atoms with van der Waals surface area (Å²) in [5, 5.41) is 3.25. The van der Waals surface area contributed by atoms with Gasteiger partial charge in [-0.05, 0) is 32.6 Å². The molecule has 0 aromatic carbocycles. The molecule has 5 nitrogen and oxygen atoms in total. The Hall–Kier alpha value is -1.26. The summed E-state index contributed by atoms with van der Waals surface area (Å²) >= 11 is 0. The van der Waals surface area contributed by atoms with Crippen molar-refractivity contribution in [2.24, 2.45) is 4.99 Å². The molecule has 1 amide bonds. The SMILES string of the molecule is CCCCN(C)C(=NCC(=O)N1CCCCC1)NCC. The number of nitrogens with one attached hydrogen (secondary N) is 1. The smallest absolute Gasteiger partial charge is 0.244 e. The van der Waals surface area contributed by atoms with Crippen molar-refractivity contribution in [2.75, 3.05) is 39.8 Å². The number of likely N-dealkylation sites (tertiary alicyclic amines) is 1. The maximum absolute atomic E-state index is 12.1. The number of nitrogens with zero attached hydrogens (tertiary/aromatic N) is 3. The highest BCUT2D eigenvalue weighted by Gasteiger charge is 2.16. The number of piperidine rings is 1. The summed E-state index contributed by atoms with van der Waals surface area (Å²) in [4.78, 5) is 20.7. The zero-order valence-electron chi connectivity index (χ0n) is 13.3. The first kappa shape index (κ1) is 16.8. The summed E-state index contributed by atoms with van der Waals surface area (Å²) in [5.74, 6) is 0.996. The van der Waals surface area contributed by atoms with Gasteiger partial charge in [-0.1, -0.05) is 13.3 Å². The summed E-state index contributed by atoms with van der Waals surface area (Å²) in [6.07, 6.45) is 5.81. The first-order valence-electron chi connectivity index (χ1n) is 7.96. The third kappa shape index (κ3) is 5.80. The maximum Gasteiger partial charge on any atom is 0.244 e. The third-order valence-corrected chi connectivity index (χ3v) is 3.62. The topological polar surface area (TPSA) is 47.9 Å². The van der Waals surface area contributed by atoms with Crippen LogP contribution in [0.25, 0.3) is 0 Å². The number of rotatable bonds is 6. The Labute approximate surface area is 123 Å². The van der Waals surface area contributed by atoms with Crippen molar-refractivity contribution < 1.29 is 4.79 Å². The Morgan fingerprint density at radius 2 is 1.95 bits per heavy atom. The van der Waals surface area contributed by atoms with Crippen molar-refractivity contribution in [3.05, 3.63) is 0 Å². The number of hydrogen-bond acceptors (Lipinski definition) is 2. The average Bonchev–Trinajstić information content (AvgIpc) is 2.49. The second-order valence-electron chi connectivity index (χ2n) is 5.39. The number of hydrogen-bond donors (Lipinski definition) is 1. The summed E-state index contributed by atoms with van der Waals surface area (Å²) in [7, 11) is 2.03. The molecular weight excluding hydrogens is 252 g/mol. The molecule has 0 radical (unpaired) electrons. The molecular formula is C15H30N4O. The van der Waals surface area contributed by atoms with Crippen LogP contribution in [0.4, 0.5) is 0 Å². The second-order valence-corrected chi connectivity index (χ2v) is 5.39.